The minimum absolute atomic E-state index is 0.362. The number of likely N-dealkylation sites (N-methyl/N-ethyl adjacent to an activating group) is 1. The molecule has 2 heterocycles. The molecule has 1 atom stereocenters. The monoisotopic (exact) mass is 272 g/mol. The Morgan fingerprint density at radius 3 is 2.70 bits per heavy atom. The first-order chi connectivity index (χ1) is 9.67. The lowest BCUT2D eigenvalue weighted by atomic mass is 10.1. The summed E-state index contributed by atoms with van der Waals surface area (Å²) in [5.74, 6) is 1.10. The summed E-state index contributed by atoms with van der Waals surface area (Å²) < 4.78 is 0. The molecule has 0 bridgehead atoms. The topological polar surface area (TPSA) is 35.2 Å². The Labute approximate surface area is 120 Å². The molecule has 0 amide bonds. The maximum absolute atomic E-state index is 4.77. The number of aromatic nitrogens is 2. The number of aryl methyl sites for hydroxylation is 1. The summed E-state index contributed by atoms with van der Waals surface area (Å²) >= 11 is 0. The van der Waals surface area contributed by atoms with Crippen LogP contribution in [0.15, 0.2) is 18.2 Å². The highest BCUT2D eigenvalue weighted by atomic mass is 15.3. The van der Waals surface area contributed by atoms with Gasteiger partial charge in [0.05, 0.1) is 17.1 Å². The molecular weight excluding hydrogens is 248 g/mol. The van der Waals surface area contributed by atoms with Crippen LogP contribution in [0.1, 0.15) is 31.3 Å². The normalized spacial score (nSPS) is 19.6. The second-order valence-corrected chi connectivity index (χ2v) is 5.84. The maximum Gasteiger partial charge on any atom is 0.124 e. The first kappa shape index (κ1) is 13.6. The van der Waals surface area contributed by atoms with Crippen LogP contribution in [0.2, 0.25) is 0 Å². The summed E-state index contributed by atoms with van der Waals surface area (Å²) in [6, 6.07) is 6.89. The van der Waals surface area contributed by atoms with Gasteiger partial charge in [0.2, 0.25) is 0 Å². The average molecular weight is 272 g/mol. The predicted molar refractivity (Wildman–Crippen MR) is 83.0 cm³/mol. The number of imidazole rings is 1. The number of benzene rings is 1. The second-order valence-electron chi connectivity index (χ2n) is 5.84. The van der Waals surface area contributed by atoms with Crippen LogP contribution >= 0.6 is 0 Å². The molecule has 0 radical (unpaired) electrons. The highest BCUT2D eigenvalue weighted by molar-refractivity contribution is 5.76. The van der Waals surface area contributed by atoms with E-state index in [1.54, 1.807) is 0 Å². The minimum Gasteiger partial charge on any atom is -0.341 e. The van der Waals surface area contributed by atoms with Crippen LogP contribution < -0.4 is 0 Å². The Balaban J connectivity index is 1.82. The molecule has 3 rings (SSSR count). The van der Waals surface area contributed by atoms with Gasteiger partial charge in [-0.1, -0.05) is 13.0 Å². The highest BCUT2D eigenvalue weighted by Gasteiger charge is 2.22. The van der Waals surface area contributed by atoms with Crippen molar-refractivity contribution in [3.05, 3.63) is 29.6 Å². The lowest BCUT2D eigenvalue weighted by Gasteiger charge is -2.35. The number of aromatic amines is 1. The van der Waals surface area contributed by atoms with Crippen molar-refractivity contribution in [3.63, 3.8) is 0 Å². The summed E-state index contributed by atoms with van der Waals surface area (Å²) in [6.45, 7) is 8.97. The minimum atomic E-state index is 0.362. The van der Waals surface area contributed by atoms with Crippen molar-refractivity contribution in [2.24, 2.45) is 0 Å². The van der Waals surface area contributed by atoms with Crippen molar-refractivity contribution in [2.75, 3.05) is 33.2 Å². The van der Waals surface area contributed by atoms with Crippen molar-refractivity contribution in [2.45, 2.75) is 26.3 Å². The first-order valence-electron chi connectivity index (χ1n) is 7.58. The van der Waals surface area contributed by atoms with Crippen LogP contribution in [0, 0.1) is 0 Å². The molecule has 20 heavy (non-hydrogen) atoms. The number of fused-ring (bicyclic) bond motifs is 1. The van der Waals surface area contributed by atoms with E-state index in [1.165, 1.54) is 11.1 Å². The van der Waals surface area contributed by atoms with Crippen molar-refractivity contribution < 1.29 is 0 Å². The molecule has 108 valence electrons. The number of hydrogen-bond acceptors (Lipinski definition) is 3. The SMILES string of the molecule is CCc1ccc2nc(C(C)N3CCN(C)CC3)[nH]c2c1. The van der Waals surface area contributed by atoms with E-state index in [2.05, 4.69) is 53.9 Å². The maximum atomic E-state index is 4.77. The van der Waals surface area contributed by atoms with Crippen molar-refractivity contribution in [3.8, 4) is 0 Å². The van der Waals surface area contributed by atoms with E-state index in [0.29, 0.717) is 6.04 Å². The van der Waals surface area contributed by atoms with E-state index < -0.39 is 0 Å². The van der Waals surface area contributed by atoms with Gasteiger partial charge in [0.25, 0.3) is 0 Å². The highest BCUT2D eigenvalue weighted by Crippen LogP contribution is 2.22. The molecule has 2 aromatic rings. The fourth-order valence-corrected chi connectivity index (χ4v) is 2.88. The molecule has 1 N–H and O–H groups in total. The zero-order chi connectivity index (χ0) is 14.1. The molecule has 1 fully saturated rings. The number of rotatable bonds is 3. The third-order valence-electron chi connectivity index (χ3n) is 4.45. The Morgan fingerprint density at radius 1 is 1.25 bits per heavy atom. The van der Waals surface area contributed by atoms with Crippen LogP contribution in [-0.4, -0.2) is 53.0 Å². The Morgan fingerprint density at radius 2 is 2.00 bits per heavy atom. The molecule has 4 heteroatoms. The second kappa shape index (κ2) is 5.54. The van der Waals surface area contributed by atoms with E-state index in [1.807, 2.05) is 0 Å². The zero-order valence-electron chi connectivity index (χ0n) is 12.7. The summed E-state index contributed by atoms with van der Waals surface area (Å²) in [5.41, 5.74) is 3.61. The van der Waals surface area contributed by atoms with E-state index in [4.69, 9.17) is 4.98 Å². The summed E-state index contributed by atoms with van der Waals surface area (Å²) in [7, 11) is 2.19. The van der Waals surface area contributed by atoms with Crippen LogP contribution in [0.4, 0.5) is 0 Å². The lowest BCUT2D eigenvalue weighted by Crippen LogP contribution is -2.45. The predicted octanol–water partition coefficient (Wildman–Crippen LogP) is 2.43. The third kappa shape index (κ3) is 2.58. The molecule has 4 nitrogen and oxygen atoms in total. The van der Waals surface area contributed by atoms with Crippen LogP contribution in [0.3, 0.4) is 0 Å². The summed E-state index contributed by atoms with van der Waals surface area (Å²) in [5, 5.41) is 0. The van der Waals surface area contributed by atoms with Crippen LogP contribution in [-0.2, 0) is 6.42 Å². The number of nitrogens with zero attached hydrogens (tertiary/aromatic N) is 3. The van der Waals surface area contributed by atoms with E-state index in [-0.39, 0.29) is 0 Å². The number of piperazine rings is 1. The Kier molecular flexibility index (Phi) is 3.76. The van der Waals surface area contributed by atoms with E-state index in [9.17, 15) is 0 Å². The van der Waals surface area contributed by atoms with Crippen molar-refractivity contribution >= 4 is 11.0 Å². The largest absolute Gasteiger partial charge is 0.341 e. The van der Waals surface area contributed by atoms with Gasteiger partial charge in [0.1, 0.15) is 5.82 Å². The number of hydrogen-bond donors (Lipinski definition) is 1. The molecular formula is C16H24N4. The van der Waals surface area contributed by atoms with Crippen molar-refractivity contribution in [1.29, 1.82) is 0 Å². The molecule has 1 unspecified atom stereocenters. The van der Waals surface area contributed by atoms with Crippen molar-refractivity contribution in [1.82, 2.24) is 19.8 Å². The zero-order valence-corrected chi connectivity index (χ0v) is 12.7. The molecule has 1 aromatic heterocycles. The molecule has 1 aromatic carbocycles. The van der Waals surface area contributed by atoms with Gasteiger partial charge in [0.15, 0.2) is 0 Å². The van der Waals surface area contributed by atoms with E-state index >= 15 is 0 Å². The average Bonchev–Trinajstić information content (AvgIpc) is 2.90. The first-order valence-corrected chi connectivity index (χ1v) is 7.58. The van der Waals surface area contributed by atoms with Crippen LogP contribution in [0.5, 0.6) is 0 Å². The quantitative estimate of drug-likeness (QED) is 0.932. The number of H-pyrrole nitrogens is 1. The van der Waals surface area contributed by atoms with Crippen LogP contribution in [0.25, 0.3) is 11.0 Å². The van der Waals surface area contributed by atoms with Gasteiger partial charge in [0, 0.05) is 26.2 Å². The molecule has 0 aliphatic carbocycles. The summed E-state index contributed by atoms with van der Waals surface area (Å²) in [4.78, 5) is 13.2. The molecule has 1 aliphatic rings. The summed E-state index contributed by atoms with van der Waals surface area (Å²) in [6.07, 6.45) is 1.07. The molecule has 1 saturated heterocycles. The van der Waals surface area contributed by atoms with Gasteiger partial charge in [-0.05, 0) is 38.1 Å². The van der Waals surface area contributed by atoms with Gasteiger partial charge in [-0.15, -0.1) is 0 Å². The molecule has 0 spiro atoms. The lowest BCUT2D eigenvalue weighted by molar-refractivity contribution is 0.116. The third-order valence-corrected chi connectivity index (χ3v) is 4.45. The van der Waals surface area contributed by atoms with Gasteiger partial charge >= 0.3 is 0 Å². The number of nitrogens with one attached hydrogen (secondary N) is 1. The van der Waals surface area contributed by atoms with E-state index in [0.717, 1.165) is 43.9 Å². The fourth-order valence-electron chi connectivity index (χ4n) is 2.88. The Hall–Kier alpha value is -1.39. The molecule has 0 saturated carbocycles. The Bertz CT molecular complexity index is 581. The van der Waals surface area contributed by atoms with Gasteiger partial charge < -0.3 is 9.88 Å². The molecule has 1 aliphatic heterocycles. The smallest absolute Gasteiger partial charge is 0.124 e. The van der Waals surface area contributed by atoms with Gasteiger partial charge in [-0.2, -0.15) is 0 Å². The standard InChI is InChI=1S/C16H24N4/c1-4-13-5-6-14-15(11-13)18-16(17-14)12(2)20-9-7-19(3)8-10-20/h5-6,11-12H,4,7-10H2,1-3H3,(H,17,18). The van der Waals surface area contributed by atoms with Gasteiger partial charge in [-0.3, -0.25) is 4.90 Å². The fraction of sp³-hybridized carbons (Fsp3) is 0.562. The van der Waals surface area contributed by atoms with Gasteiger partial charge in [-0.25, -0.2) is 4.98 Å².